The Morgan fingerprint density at radius 2 is 2.08 bits per heavy atom. The Balaban J connectivity index is 1.99. The molecular formula is C20H25NO4. The van der Waals surface area contributed by atoms with Gasteiger partial charge in [-0.3, -0.25) is 4.79 Å². The summed E-state index contributed by atoms with van der Waals surface area (Å²) in [4.78, 5) is 12.1. The van der Waals surface area contributed by atoms with Crippen LogP contribution in [0.25, 0.3) is 0 Å². The number of aliphatic hydroxyl groups excluding tert-OH is 1. The van der Waals surface area contributed by atoms with Crippen LogP contribution in [-0.4, -0.2) is 23.8 Å². The second-order valence-electron chi connectivity index (χ2n) is 6.39. The van der Waals surface area contributed by atoms with Gasteiger partial charge in [-0.05, 0) is 29.0 Å². The van der Waals surface area contributed by atoms with Gasteiger partial charge in [-0.2, -0.15) is 0 Å². The number of terminal acetylenes is 1. The molecule has 0 unspecified atom stereocenters. The predicted molar refractivity (Wildman–Crippen MR) is 94.9 cm³/mol. The smallest absolute Gasteiger partial charge is 0.286 e. The lowest BCUT2D eigenvalue weighted by Gasteiger charge is -2.30. The van der Waals surface area contributed by atoms with Crippen LogP contribution < -0.4 is 5.32 Å². The van der Waals surface area contributed by atoms with Crippen molar-refractivity contribution < 1.29 is 19.4 Å². The first-order valence-corrected chi connectivity index (χ1v) is 8.44. The summed E-state index contributed by atoms with van der Waals surface area (Å²) in [6.45, 7) is 4.77. The van der Waals surface area contributed by atoms with Gasteiger partial charge >= 0.3 is 0 Å². The molecule has 2 rings (SSSR count). The van der Waals surface area contributed by atoms with E-state index in [1.807, 2.05) is 30.3 Å². The summed E-state index contributed by atoms with van der Waals surface area (Å²) in [6, 6.07) is 7.53. The summed E-state index contributed by atoms with van der Waals surface area (Å²) in [6.07, 6.45) is 7.24. The molecule has 1 aromatic rings. The van der Waals surface area contributed by atoms with Crippen molar-refractivity contribution in [1.82, 2.24) is 5.32 Å². The molecule has 134 valence electrons. The molecule has 0 aliphatic carbocycles. The first-order chi connectivity index (χ1) is 12.0. The Morgan fingerprint density at radius 3 is 2.68 bits per heavy atom. The molecule has 0 aromatic heterocycles. The van der Waals surface area contributed by atoms with E-state index in [-0.39, 0.29) is 30.7 Å². The van der Waals surface area contributed by atoms with Gasteiger partial charge in [0.15, 0.2) is 5.76 Å². The zero-order valence-electron chi connectivity index (χ0n) is 14.7. The first-order valence-electron chi connectivity index (χ1n) is 8.44. The monoisotopic (exact) mass is 343 g/mol. The normalized spacial score (nSPS) is 19.7. The van der Waals surface area contributed by atoms with E-state index < -0.39 is 6.29 Å². The van der Waals surface area contributed by atoms with Crippen LogP contribution in [0.5, 0.6) is 0 Å². The van der Waals surface area contributed by atoms with Gasteiger partial charge in [0.25, 0.3) is 5.91 Å². The first kappa shape index (κ1) is 19.0. The molecule has 5 heteroatoms. The fourth-order valence-corrected chi connectivity index (χ4v) is 2.56. The molecule has 25 heavy (non-hydrogen) atoms. The van der Waals surface area contributed by atoms with Crippen LogP contribution in [0.1, 0.15) is 31.4 Å². The highest BCUT2D eigenvalue weighted by Crippen LogP contribution is 2.29. The molecule has 2 N–H and O–H groups in total. The maximum absolute atomic E-state index is 12.1. The molecule has 0 fully saturated rings. The minimum Gasteiger partial charge on any atom is -0.459 e. The molecule has 1 heterocycles. The SMILES string of the molecule is C#CCNC(=O)C1=C[C@@H](C(C)C)C[C@@H](OCc2ccc(CO)cc2)O1. The van der Waals surface area contributed by atoms with Crippen molar-refractivity contribution in [2.45, 2.75) is 39.8 Å². The van der Waals surface area contributed by atoms with Crippen LogP contribution in [0.4, 0.5) is 0 Å². The number of ether oxygens (including phenoxy) is 2. The summed E-state index contributed by atoms with van der Waals surface area (Å²) < 4.78 is 11.6. The van der Waals surface area contributed by atoms with E-state index in [4.69, 9.17) is 21.0 Å². The van der Waals surface area contributed by atoms with E-state index in [0.717, 1.165) is 11.1 Å². The Hall–Kier alpha value is -2.29. The lowest BCUT2D eigenvalue weighted by Crippen LogP contribution is -2.34. The molecule has 5 nitrogen and oxygen atoms in total. The van der Waals surface area contributed by atoms with Gasteiger partial charge in [0.05, 0.1) is 19.8 Å². The van der Waals surface area contributed by atoms with Crippen LogP contribution in [0.3, 0.4) is 0 Å². The van der Waals surface area contributed by atoms with E-state index >= 15 is 0 Å². The van der Waals surface area contributed by atoms with Crippen molar-refractivity contribution in [3.8, 4) is 12.3 Å². The third-order valence-corrected chi connectivity index (χ3v) is 4.16. The maximum Gasteiger partial charge on any atom is 0.286 e. The standard InChI is InChI=1S/C20H25NO4/c1-4-9-21-20(23)18-10-17(14(2)3)11-19(25-18)24-13-16-7-5-15(12-22)6-8-16/h1,5-8,10,14,17,19,22H,9,11-13H2,2-3H3,(H,21,23)/t17-,19+/m1/s1. The molecule has 1 aromatic carbocycles. The van der Waals surface area contributed by atoms with Crippen molar-refractivity contribution in [3.63, 3.8) is 0 Å². The van der Waals surface area contributed by atoms with Crippen LogP contribution in [0.2, 0.25) is 0 Å². The van der Waals surface area contributed by atoms with E-state index in [1.54, 1.807) is 0 Å². The van der Waals surface area contributed by atoms with Crippen molar-refractivity contribution >= 4 is 5.91 Å². The zero-order valence-corrected chi connectivity index (χ0v) is 14.7. The number of benzene rings is 1. The molecule has 1 aliphatic heterocycles. The average Bonchev–Trinajstić information content (AvgIpc) is 2.64. The summed E-state index contributed by atoms with van der Waals surface area (Å²) in [5, 5.41) is 11.7. The molecule has 2 atom stereocenters. The third-order valence-electron chi connectivity index (χ3n) is 4.16. The van der Waals surface area contributed by atoms with Crippen molar-refractivity contribution in [2.75, 3.05) is 6.54 Å². The van der Waals surface area contributed by atoms with Gasteiger partial charge in [-0.25, -0.2) is 0 Å². The van der Waals surface area contributed by atoms with E-state index in [1.165, 1.54) is 0 Å². The van der Waals surface area contributed by atoms with Crippen molar-refractivity contribution in [3.05, 3.63) is 47.2 Å². The third kappa shape index (κ3) is 5.63. The summed E-state index contributed by atoms with van der Waals surface area (Å²) in [5.41, 5.74) is 1.84. The fraction of sp³-hybridized carbons (Fsp3) is 0.450. The summed E-state index contributed by atoms with van der Waals surface area (Å²) in [7, 11) is 0. The number of amides is 1. The number of hydrogen-bond donors (Lipinski definition) is 2. The fourth-order valence-electron chi connectivity index (χ4n) is 2.56. The summed E-state index contributed by atoms with van der Waals surface area (Å²) in [5.74, 6) is 2.89. The minimum absolute atomic E-state index is 0.0177. The zero-order chi connectivity index (χ0) is 18.2. The molecule has 0 radical (unpaired) electrons. The van der Waals surface area contributed by atoms with Crippen molar-refractivity contribution in [1.29, 1.82) is 0 Å². The maximum atomic E-state index is 12.1. The Bertz CT molecular complexity index is 643. The number of aliphatic hydroxyl groups is 1. The quantitative estimate of drug-likeness (QED) is 0.746. The number of carbonyl (C=O) groups excluding carboxylic acids is 1. The minimum atomic E-state index is -0.485. The number of carbonyl (C=O) groups is 1. The summed E-state index contributed by atoms with van der Waals surface area (Å²) >= 11 is 0. The second kappa shape index (κ2) is 9.26. The van der Waals surface area contributed by atoms with Gasteiger partial charge < -0.3 is 19.9 Å². The van der Waals surface area contributed by atoms with Crippen molar-refractivity contribution in [2.24, 2.45) is 11.8 Å². The molecule has 1 amide bonds. The van der Waals surface area contributed by atoms with Gasteiger partial charge in [-0.1, -0.05) is 44.0 Å². The average molecular weight is 343 g/mol. The van der Waals surface area contributed by atoms with Gasteiger partial charge in [-0.15, -0.1) is 6.42 Å². The Labute approximate surface area is 149 Å². The number of nitrogens with one attached hydrogen (secondary N) is 1. The number of allylic oxidation sites excluding steroid dienone is 1. The van der Waals surface area contributed by atoms with Crippen LogP contribution in [0.15, 0.2) is 36.1 Å². The van der Waals surface area contributed by atoms with Crippen LogP contribution >= 0.6 is 0 Å². The lowest BCUT2D eigenvalue weighted by molar-refractivity contribution is -0.154. The second-order valence-corrected chi connectivity index (χ2v) is 6.39. The Morgan fingerprint density at radius 1 is 1.40 bits per heavy atom. The Kier molecular flexibility index (Phi) is 7.05. The van der Waals surface area contributed by atoms with Crippen LogP contribution in [0, 0.1) is 24.2 Å². The van der Waals surface area contributed by atoms with E-state index in [0.29, 0.717) is 18.9 Å². The van der Waals surface area contributed by atoms with E-state index in [9.17, 15) is 4.79 Å². The molecule has 1 aliphatic rings. The predicted octanol–water partition coefficient (Wildman–Crippen LogP) is 2.35. The number of rotatable bonds is 7. The van der Waals surface area contributed by atoms with E-state index in [2.05, 4.69) is 25.1 Å². The van der Waals surface area contributed by atoms with Gasteiger partial charge in [0.2, 0.25) is 6.29 Å². The highest BCUT2D eigenvalue weighted by Gasteiger charge is 2.29. The molecule has 0 bridgehead atoms. The highest BCUT2D eigenvalue weighted by atomic mass is 16.7. The van der Waals surface area contributed by atoms with Gasteiger partial charge in [0, 0.05) is 6.42 Å². The number of hydrogen-bond acceptors (Lipinski definition) is 4. The molecule has 0 saturated carbocycles. The topological polar surface area (TPSA) is 67.8 Å². The molecule has 0 saturated heterocycles. The highest BCUT2D eigenvalue weighted by molar-refractivity contribution is 5.91. The largest absolute Gasteiger partial charge is 0.459 e. The van der Waals surface area contributed by atoms with Crippen LogP contribution in [-0.2, 0) is 27.5 Å². The molecule has 0 spiro atoms. The lowest BCUT2D eigenvalue weighted by atomic mass is 9.90. The van der Waals surface area contributed by atoms with Gasteiger partial charge in [0.1, 0.15) is 0 Å². The molecular weight excluding hydrogens is 318 g/mol.